The van der Waals surface area contributed by atoms with Crippen LogP contribution in [0.15, 0.2) is 59.6 Å². The van der Waals surface area contributed by atoms with Crippen molar-refractivity contribution in [2.75, 3.05) is 13.7 Å². The van der Waals surface area contributed by atoms with Crippen molar-refractivity contribution in [1.82, 2.24) is 19.4 Å². The average molecular weight is 552 g/mol. The Balaban J connectivity index is 1.52. The highest BCUT2D eigenvalue weighted by atomic mass is 32.2. The highest BCUT2D eigenvalue weighted by Crippen LogP contribution is 2.31. The van der Waals surface area contributed by atoms with Gasteiger partial charge in [-0.05, 0) is 55.0 Å². The summed E-state index contributed by atoms with van der Waals surface area (Å²) in [7, 11) is -2.87. The predicted octanol–water partition coefficient (Wildman–Crippen LogP) is 3.26. The summed E-state index contributed by atoms with van der Waals surface area (Å²) in [5.41, 5.74) is -0.123. The normalized spacial score (nSPS) is 18.2. The first-order chi connectivity index (χ1) is 17.9. The summed E-state index contributed by atoms with van der Waals surface area (Å²) >= 11 is 0. The minimum atomic E-state index is -4.49. The van der Waals surface area contributed by atoms with Gasteiger partial charge in [-0.3, -0.25) is 4.79 Å². The molecule has 9 nitrogen and oxygen atoms in total. The largest absolute Gasteiger partial charge is 0.480 e. The third kappa shape index (κ3) is 5.48. The van der Waals surface area contributed by atoms with E-state index in [0.717, 1.165) is 40.7 Å². The van der Waals surface area contributed by atoms with Crippen LogP contribution < -0.4 is 10.1 Å². The summed E-state index contributed by atoms with van der Waals surface area (Å²) in [6.45, 7) is -0.343. The minimum Gasteiger partial charge on any atom is -0.480 e. The van der Waals surface area contributed by atoms with Gasteiger partial charge in [0.2, 0.25) is 21.8 Å². The van der Waals surface area contributed by atoms with Crippen molar-refractivity contribution in [3.8, 4) is 17.6 Å². The number of amides is 1. The van der Waals surface area contributed by atoms with Crippen LogP contribution >= 0.6 is 0 Å². The number of carbonyl (C=O) groups excluding carboxylic acids is 1. The van der Waals surface area contributed by atoms with Gasteiger partial charge in [-0.2, -0.15) is 22.7 Å². The number of nitriles is 1. The second-order valence-corrected chi connectivity index (χ2v) is 10.4. The van der Waals surface area contributed by atoms with E-state index in [0.29, 0.717) is 11.3 Å². The van der Waals surface area contributed by atoms with Crippen LogP contribution in [0.3, 0.4) is 0 Å². The zero-order valence-corrected chi connectivity index (χ0v) is 20.6. The average Bonchev–Trinajstić information content (AvgIpc) is 3.52. The summed E-state index contributed by atoms with van der Waals surface area (Å²) in [5.74, 6) is -1.92. The Hall–Kier alpha value is -3.96. The van der Waals surface area contributed by atoms with Gasteiger partial charge in [0, 0.05) is 19.3 Å². The molecule has 1 amide bonds. The molecule has 2 atom stereocenters. The molecule has 200 valence electrons. The first-order valence-electron chi connectivity index (χ1n) is 11.2. The molecule has 0 radical (unpaired) electrons. The molecular weight excluding hydrogens is 530 g/mol. The van der Waals surface area contributed by atoms with Crippen molar-refractivity contribution in [3.05, 3.63) is 71.7 Å². The van der Waals surface area contributed by atoms with Crippen LogP contribution in [-0.4, -0.2) is 48.1 Å². The van der Waals surface area contributed by atoms with Crippen LogP contribution in [0.2, 0.25) is 0 Å². The topological polar surface area (TPSA) is 117 Å². The number of alkyl halides is 3. The lowest BCUT2D eigenvalue weighted by molar-refractivity contribution is -0.137. The van der Waals surface area contributed by atoms with Gasteiger partial charge >= 0.3 is 6.18 Å². The van der Waals surface area contributed by atoms with Crippen molar-refractivity contribution >= 4 is 15.9 Å². The number of benzene rings is 2. The zero-order chi connectivity index (χ0) is 27.7. The van der Waals surface area contributed by atoms with Gasteiger partial charge in [-0.1, -0.05) is 0 Å². The molecule has 2 heterocycles. The van der Waals surface area contributed by atoms with E-state index in [-0.39, 0.29) is 30.3 Å². The molecule has 1 fully saturated rings. The molecule has 1 aliphatic rings. The van der Waals surface area contributed by atoms with Gasteiger partial charge in [-0.25, -0.2) is 17.5 Å². The number of methoxy groups -OCH3 is 1. The lowest BCUT2D eigenvalue weighted by Gasteiger charge is -2.23. The van der Waals surface area contributed by atoms with E-state index >= 15 is 0 Å². The molecule has 2 aromatic carbocycles. The molecule has 0 bridgehead atoms. The lowest BCUT2D eigenvalue weighted by Crippen LogP contribution is -2.45. The Morgan fingerprint density at radius 3 is 2.42 bits per heavy atom. The molecule has 1 aromatic heterocycles. The number of carbonyl (C=O) groups is 1. The fraction of sp³-hybridized carbons (Fsp3) is 0.292. The number of aromatic nitrogens is 2. The second-order valence-electron chi connectivity index (χ2n) is 8.48. The van der Waals surface area contributed by atoms with Crippen LogP contribution in [0.4, 0.5) is 17.6 Å². The Morgan fingerprint density at radius 1 is 1.18 bits per heavy atom. The summed E-state index contributed by atoms with van der Waals surface area (Å²) in [6, 6.07) is 9.22. The van der Waals surface area contributed by atoms with Gasteiger partial charge < -0.3 is 10.1 Å². The maximum absolute atomic E-state index is 13.3. The first kappa shape index (κ1) is 27.1. The van der Waals surface area contributed by atoms with Crippen LogP contribution in [0.25, 0.3) is 5.69 Å². The SMILES string of the molecule is COc1nn(-c2ccc(C(F)(F)F)cc2)cc1CNC(=O)[C@@H]1CC(C#N)CN1S(=O)(=O)c1ccc(F)cc1. The van der Waals surface area contributed by atoms with E-state index in [2.05, 4.69) is 10.4 Å². The standard InChI is InChI=1S/C24H21F4N5O4S/c1-37-23-16(14-32(31-23)19-6-2-17(3-7-19)24(26,27)28)12-30-22(34)21-10-15(11-29)13-33(21)38(35,36)20-8-4-18(25)5-9-20/h2-9,14-15,21H,10,12-13H2,1H3,(H,30,34)/t15?,21-/m0/s1. The molecule has 0 spiro atoms. The number of ether oxygens (including phenoxy) is 1. The molecule has 1 N–H and O–H groups in total. The number of nitrogens with one attached hydrogen (secondary N) is 1. The van der Waals surface area contributed by atoms with E-state index in [1.807, 2.05) is 6.07 Å². The molecule has 38 heavy (non-hydrogen) atoms. The van der Waals surface area contributed by atoms with Crippen molar-refractivity contribution in [1.29, 1.82) is 5.26 Å². The Bertz CT molecular complexity index is 1470. The van der Waals surface area contributed by atoms with E-state index in [9.17, 15) is 36.0 Å². The van der Waals surface area contributed by atoms with Gasteiger partial charge in [-0.15, -0.1) is 5.10 Å². The summed E-state index contributed by atoms with van der Waals surface area (Å²) < 4.78 is 85.6. The molecule has 1 aliphatic heterocycles. The number of nitrogens with zero attached hydrogens (tertiary/aromatic N) is 4. The number of halogens is 4. The quantitative estimate of drug-likeness (QED) is 0.451. The summed E-state index contributed by atoms with van der Waals surface area (Å²) in [4.78, 5) is 12.9. The Kier molecular flexibility index (Phi) is 7.43. The number of sulfonamides is 1. The first-order valence-corrected chi connectivity index (χ1v) is 12.6. The molecule has 1 unspecified atom stereocenters. The molecule has 1 saturated heterocycles. The molecule has 14 heteroatoms. The highest BCUT2D eigenvalue weighted by Gasteiger charge is 2.44. The predicted molar refractivity (Wildman–Crippen MR) is 125 cm³/mol. The van der Waals surface area contributed by atoms with E-state index in [1.54, 1.807) is 0 Å². The molecule has 0 aliphatic carbocycles. The maximum Gasteiger partial charge on any atom is 0.416 e. The van der Waals surface area contributed by atoms with Crippen LogP contribution in [0.1, 0.15) is 17.5 Å². The van der Waals surface area contributed by atoms with Gasteiger partial charge in [0.15, 0.2) is 0 Å². The number of hydrogen-bond acceptors (Lipinski definition) is 6. The fourth-order valence-electron chi connectivity index (χ4n) is 4.07. The molecular formula is C24H21F4N5O4S. The van der Waals surface area contributed by atoms with Crippen LogP contribution in [-0.2, 0) is 27.5 Å². The third-order valence-corrected chi connectivity index (χ3v) is 7.91. The van der Waals surface area contributed by atoms with E-state index in [4.69, 9.17) is 4.74 Å². The van der Waals surface area contributed by atoms with Gasteiger partial charge in [0.25, 0.3) is 0 Å². The van der Waals surface area contributed by atoms with E-state index < -0.39 is 45.4 Å². The minimum absolute atomic E-state index is 0.0370. The molecule has 3 aromatic rings. The number of hydrogen-bond donors (Lipinski definition) is 1. The van der Waals surface area contributed by atoms with Crippen LogP contribution in [0.5, 0.6) is 5.88 Å². The highest BCUT2D eigenvalue weighted by molar-refractivity contribution is 7.89. The fourth-order valence-corrected chi connectivity index (χ4v) is 5.71. The zero-order valence-electron chi connectivity index (χ0n) is 19.8. The lowest BCUT2D eigenvalue weighted by atomic mass is 10.1. The third-order valence-electron chi connectivity index (χ3n) is 6.02. The summed E-state index contributed by atoms with van der Waals surface area (Å²) in [6.07, 6.45) is -3.06. The number of rotatable bonds is 7. The van der Waals surface area contributed by atoms with Gasteiger partial charge in [0.05, 0.1) is 40.8 Å². The second kappa shape index (κ2) is 10.4. The van der Waals surface area contributed by atoms with Crippen LogP contribution in [0, 0.1) is 23.1 Å². The Labute approximate surface area is 215 Å². The molecule has 4 rings (SSSR count). The summed E-state index contributed by atoms with van der Waals surface area (Å²) in [5, 5.41) is 16.2. The van der Waals surface area contributed by atoms with Crippen molar-refractivity contribution in [2.45, 2.75) is 30.1 Å². The van der Waals surface area contributed by atoms with Crippen molar-refractivity contribution < 1.29 is 35.5 Å². The Morgan fingerprint density at radius 2 is 1.84 bits per heavy atom. The monoisotopic (exact) mass is 551 g/mol. The maximum atomic E-state index is 13.3. The smallest absolute Gasteiger partial charge is 0.416 e. The van der Waals surface area contributed by atoms with E-state index in [1.165, 1.54) is 30.1 Å². The van der Waals surface area contributed by atoms with Gasteiger partial charge in [0.1, 0.15) is 11.9 Å². The molecule has 0 saturated carbocycles. The van der Waals surface area contributed by atoms with Crippen molar-refractivity contribution in [2.24, 2.45) is 5.92 Å². The van der Waals surface area contributed by atoms with Crippen molar-refractivity contribution in [3.63, 3.8) is 0 Å².